The van der Waals surface area contributed by atoms with Crippen molar-refractivity contribution in [2.75, 3.05) is 18.4 Å². The summed E-state index contributed by atoms with van der Waals surface area (Å²) >= 11 is 0. The van der Waals surface area contributed by atoms with Crippen molar-refractivity contribution in [3.05, 3.63) is 60.7 Å². The number of amides is 1. The van der Waals surface area contributed by atoms with Crippen molar-refractivity contribution in [2.24, 2.45) is 11.8 Å². The maximum absolute atomic E-state index is 12.9. The molecule has 2 atom stereocenters. The fourth-order valence-electron chi connectivity index (χ4n) is 3.71. The summed E-state index contributed by atoms with van der Waals surface area (Å²) in [6.45, 7) is 2.99. The van der Waals surface area contributed by atoms with Crippen LogP contribution >= 0.6 is 0 Å². The van der Waals surface area contributed by atoms with Gasteiger partial charge in [0.25, 0.3) is 0 Å². The third-order valence-corrected chi connectivity index (χ3v) is 7.14. The summed E-state index contributed by atoms with van der Waals surface area (Å²) in [5.41, 5.74) is 0.791. The van der Waals surface area contributed by atoms with E-state index in [1.54, 1.807) is 28.6 Å². The van der Waals surface area contributed by atoms with Crippen LogP contribution in [0.15, 0.2) is 65.6 Å². The Morgan fingerprint density at radius 1 is 1.04 bits per heavy atom. The lowest BCUT2D eigenvalue weighted by Gasteiger charge is -2.37. The van der Waals surface area contributed by atoms with E-state index in [0.717, 1.165) is 12.1 Å². The van der Waals surface area contributed by atoms with Crippen LogP contribution in [0.1, 0.15) is 26.2 Å². The first-order valence-corrected chi connectivity index (χ1v) is 10.8. The van der Waals surface area contributed by atoms with E-state index in [4.69, 9.17) is 0 Å². The van der Waals surface area contributed by atoms with Crippen LogP contribution in [-0.4, -0.2) is 31.7 Å². The molecule has 5 nitrogen and oxygen atoms in total. The lowest BCUT2D eigenvalue weighted by molar-refractivity contribution is -0.117. The highest BCUT2D eigenvalue weighted by molar-refractivity contribution is 7.89. The molecule has 1 aliphatic rings. The summed E-state index contributed by atoms with van der Waals surface area (Å²) in [4.78, 5) is 12.7. The van der Waals surface area contributed by atoms with E-state index in [9.17, 15) is 13.2 Å². The van der Waals surface area contributed by atoms with Crippen molar-refractivity contribution < 1.29 is 13.2 Å². The maximum Gasteiger partial charge on any atom is 0.243 e. The number of carbonyl (C=O) groups is 1. The van der Waals surface area contributed by atoms with E-state index in [1.807, 2.05) is 36.4 Å². The fourth-order valence-corrected chi connectivity index (χ4v) is 5.24. The fraction of sp³-hybridized carbons (Fsp3) is 0.381. The topological polar surface area (TPSA) is 66.5 Å². The van der Waals surface area contributed by atoms with Gasteiger partial charge in [-0.2, -0.15) is 4.31 Å². The molecule has 1 fully saturated rings. The van der Waals surface area contributed by atoms with Crippen LogP contribution in [0.3, 0.4) is 0 Å². The van der Waals surface area contributed by atoms with Gasteiger partial charge >= 0.3 is 0 Å². The zero-order valence-electron chi connectivity index (χ0n) is 15.5. The summed E-state index contributed by atoms with van der Waals surface area (Å²) in [5.74, 6) is 0.365. The van der Waals surface area contributed by atoms with Crippen LogP contribution in [0.5, 0.6) is 0 Å². The van der Waals surface area contributed by atoms with E-state index in [0.29, 0.717) is 30.8 Å². The molecular formula is C21H26N2O3S. The van der Waals surface area contributed by atoms with E-state index < -0.39 is 10.0 Å². The Balaban J connectivity index is 1.64. The highest BCUT2D eigenvalue weighted by Crippen LogP contribution is 2.32. The first-order chi connectivity index (χ1) is 13.0. The second-order valence-electron chi connectivity index (χ2n) is 7.01. The smallest absolute Gasteiger partial charge is 0.243 e. The summed E-state index contributed by atoms with van der Waals surface area (Å²) in [5, 5.41) is 2.93. The Morgan fingerprint density at radius 3 is 2.30 bits per heavy atom. The molecule has 2 aromatic carbocycles. The Hall–Kier alpha value is -2.18. The predicted molar refractivity (Wildman–Crippen MR) is 107 cm³/mol. The molecule has 0 aliphatic carbocycles. The van der Waals surface area contributed by atoms with E-state index in [-0.39, 0.29) is 17.7 Å². The van der Waals surface area contributed by atoms with Gasteiger partial charge in [-0.15, -0.1) is 0 Å². The van der Waals surface area contributed by atoms with E-state index in [1.165, 1.54) is 0 Å². The van der Waals surface area contributed by atoms with Crippen molar-refractivity contribution in [3.8, 4) is 0 Å². The lowest BCUT2D eigenvalue weighted by atomic mass is 9.82. The molecule has 27 heavy (non-hydrogen) atoms. The second-order valence-corrected chi connectivity index (χ2v) is 8.95. The molecule has 0 unspecified atom stereocenters. The number of hydrogen-bond acceptors (Lipinski definition) is 3. The number of carbonyl (C=O) groups excluding carboxylic acids is 1. The predicted octanol–water partition coefficient (Wildman–Crippen LogP) is 3.75. The molecule has 0 radical (unpaired) electrons. The second kappa shape index (κ2) is 8.67. The number of nitrogens with zero attached hydrogens (tertiary/aromatic N) is 1. The largest absolute Gasteiger partial charge is 0.326 e. The van der Waals surface area contributed by atoms with Gasteiger partial charge in [0.1, 0.15) is 0 Å². The molecular weight excluding hydrogens is 360 g/mol. The first-order valence-electron chi connectivity index (χ1n) is 9.40. The van der Waals surface area contributed by atoms with Gasteiger partial charge in [0.05, 0.1) is 4.90 Å². The van der Waals surface area contributed by atoms with Crippen molar-refractivity contribution in [3.63, 3.8) is 0 Å². The van der Waals surface area contributed by atoms with Gasteiger partial charge in [0, 0.05) is 25.2 Å². The lowest BCUT2D eigenvalue weighted by Crippen LogP contribution is -2.44. The third-order valence-electron chi connectivity index (χ3n) is 5.26. The molecule has 6 heteroatoms. The molecule has 1 heterocycles. The van der Waals surface area contributed by atoms with E-state index >= 15 is 0 Å². The summed E-state index contributed by atoms with van der Waals surface area (Å²) in [6.07, 6.45) is 1.98. The van der Waals surface area contributed by atoms with Gasteiger partial charge < -0.3 is 5.32 Å². The summed E-state index contributed by atoms with van der Waals surface area (Å²) in [7, 11) is -3.47. The number of para-hydroxylation sites is 1. The number of benzene rings is 2. The molecule has 1 saturated heterocycles. The van der Waals surface area contributed by atoms with Gasteiger partial charge in [-0.3, -0.25) is 4.79 Å². The molecule has 0 aromatic heterocycles. The average Bonchev–Trinajstić information content (AvgIpc) is 2.69. The summed E-state index contributed by atoms with van der Waals surface area (Å²) < 4.78 is 27.3. The molecule has 1 N–H and O–H groups in total. The Labute approximate surface area is 161 Å². The first kappa shape index (κ1) is 19.6. The maximum atomic E-state index is 12.9. The molecule has 0 bridgehead atoms. The third kappa shape index (κ3) is 4.76. The van der Waals surface area contributed by atoms with Gasteiger partial charge in [-0.05, 0) is 42.5 Å². The Bertz CT molecular complexity index is 854. The normalized spacial score (nSPS) is 20.9. The number of nitrogens with one attached hydrogen (secondary N) is 1. The van der Waals surface area contributed by atoms with Crippen LogP contribution < -0.4 is 5.32 Å². The molecule has 3 rings (SSSR count). The minimum atomic E-state index is -3.47. The number of piperidine rings is 1. The number of rotatable bonds is 6. The van der Waals surface area contributed by atoms with Gasteiger partial charge in [-0.1, -0.05) is 49.7 Å². The molecule has 2 aromatic rings. The number of hydrogen-bond donors (Lipinski definition) is 1. The highest BCUT2D eigenvalue weighted by Gasteiger charge is 2.35. The minimum absolute atomic E-state index is 0.0102. The average molecular weight is 387 g/mol. The molecule has 144 valence electrons. The van der Waals surface area contributed by atoms with Crippen molar-refractivity contribution in [1.29, 1.82) is 0 Å². The number of anilines is 1. The zero-order valence-corrected chi connectivity index (χ0v) is 16.4. The molecule has 1 amide bonds. The van der Waals surface area contributed by atoms with Gasteiger partial charge in [0.15, 0.2) is 0 Å². The monoisotopic (exact) mass is 386 g/mol. The van der Waals surface area contributed by atoms with Crippen LogP contribution in [-0.2, 0) is 14.8 Å². The zero-order chi connectivity index (χ0) is 19.3. The molecule has 0 saturated carbocycles. The van der Waals surface area contributed by atoms with Gasteiger partial charge in [0.2, 0.25) is 15.9 Å². The summed E-state index contributed by atoms with van der Waals surface area (Å²) in [6, 6.07) is 18.0. The number of sulfonamides is 1. The SMILES string of the molecule is CC[C@H]1CN(S(=O)(=O)c2ccccc2)CC[C@H]1CC(=O)Nc1ccccc1. The van der Waals surface area contributed by atoms with Crippen molar-refractivity contribution in [1.82, 2.24) is 4.31 Å². The van der Waals surface area contributed by atoms with Crippen LogP contribution in [0.4, 0.5) is 5.69 Å². The molecule has 0 spiro atoms. The van der Waals surface area contributed by atoms with Gasteiger partial charge in [-0.25, -0.2) is 8.42 Å². The van der Waals surface area contributed by atoms with Crippen LogP contribution in [0, 0.1) is 11.8 Å². The van der Waals surface area contributed by atoms with Crippen molar-refractivity contribution in [2.45, 2.75) is 31.1 Å². The van der Waals surface area contributed by atoms with Crippen LogP contribution in [0.25, 0.3) is 0 Å². The highest BCUT2D eigenvalue weighted by atomic mass is 32.2. The van der Waals surface area contributed by atoms with E-state index in [2.05, 4.69) is 12.2 Å². The Kier molecular flexibility index (Phi) is 6.29. The molecule has 1 aliphatic heterocycles. The Morgan fingerprint density at radius 2 is 1.67 bits per heavy atom. The standard InChI is InChI=1S/C21H26N2O3S/c1-2-17-16-23(27(25,26)20-11-7-4-8-12-20)14-13-18(17)15-21(24)22-19-9-5-3-6-10-19/h3-12,17-18H,2,13-16H2,1H3,(H,22,24)/t17-,18-/m0/s1. The van der Waals surface area contributed by atoms with Crippen molar-refractivity contribution >= 4 is 21.6 Å². The minimum Gasteiger partial charge on any atom is -0.326 e. The quantitative estimate of drug-likeness (QED) is 0.822. The van der Waals surface area contributed by atoms with Crippen LogP contribution in [0.2, 0.25) is 0 Å².